The Morgan fingerprint density at radius 1 is 1.24 bits per heavy atom. The summed E-state index contributed by atoms with van der Waals surface area (Å²) < 4.78 is 5.39. The van der Waals surface area contributed by atoms with E-state index in [1.54, 1.807) is 26.1 Å². The Balaban J connectivity index is 2.22. The number of hydrogen-bond acceptors (Lipinski definition) is 4. The van der Waals surface area contributed by atoms with Crippen molar-refractivity contribution in [3.8, 4) is 0 Å². The molecule has 2 N–H and O–H groups in total. The molecule has 1 heterocycles. The van der Waals surface area contributed by atoms with E-state index in [1.807, 2.05) is 13.0 Å². The lowest BCUT2D eigenvalue weighted by Gasteiger charge is -2.18. The summed E-state index contributed by atoms with van der Waals surface area (Å²) in [5.74, 6) is 1.02. The molecule has 1 aromatic carbocycles. The molecule has 6 heteroatoms. The average molecular weight is 306 g/mol. The molecule has 1 aliphatic rings. The first-order chi connectivity index (χ1) is 10.0. The van der Waals surface area contributed by atoms with Crippen molar-refractivity contribution in [2.24, 2.45) is 0 Å². The van der Waals surface area contributed by atoms with Crippen molar-refractivity contribution >= 4 is 29.3 Å². The first-order valence-corrected chi connectivity index (χ1v) is 7.62. The van der Waals surface area contributed by atoms with Crippen LogP contribution in [0.5, 0.6) is 0 Å². The summed E-state index contributed by atoms with van der Waals surface area (Å²) in [6, 6.07) is 5.22. The lowest BCUT2D eigenvalue weighted by molar-refractivity contribution is -0.112. The first-order valence-electron chi connectivity index (χ1n) is 6.63. The molecule has 21 heavy (non-hydrogen) atoms. The number of rotatable bonds is 3. The Hall–Kier alpha value is -1.95. The number of hydrogen-bond donors (Lipinski definition) is 2. The summed E-state index contributed by atoms with van der Waals surface area (Å²) in [4.78, 5) is 24.6. The van der Waals surface area contributed by atoms with Crippen LogP contribution in [0, 0.1) is 6.92 Å². The molecule has 0 aromatic heterocycles. The molecule has 0 bridgehead atoms. The molecule has 112 valence electrons. The highest BCUT2D eigenvalue weighted by atomic mass is 32.2. The fourth-order valence-electron chi connectivity index (χ4n) is 1.95. The third-order valence-corrected chi connectivity index (χ3v) is 4.28. The third kappa shape index (κ3) is 3.58. The van der Waals surface area contributed by atoms with Gasteiger partial charge in [-0.15, -0.1) is 11.8 Å². The van der Waals surface area contributed by atoms with E-state index in [9.17, 15) is 9.59 Å². The van der Waals surface area contributed by atoms with E-state index in [0.29, 0.717) is 28.5 Å². The van der Waals surface area contributed by atoms with Gasteiger partial charge in [-0.3, -0.25) is 9.59 Å². The van der Waals surface area contributed by atoms with Gasteiger partial charge in [-0.25, -0.2) is 0 Å². The number of thioether (sulfide) groups is 1. The molecule has 0 saturated carbocycles. The minimum atomic E-state index is -0.200. The van der Waals surface area contributed by atoms with E-state index in [-0.39, 0.29) is 11.8 Å². The van der Waals surface area contributed by atoms with Crippen LogP contribution in [0.15, 0.2) is 28.9 Å². The van der Waals surface area contributed by atoms with Crippen molar-refractivity contribution in [2.45, 2.75) is 13.8 Å². The van der Waals surface area contributed by atoms with E-state index in [0.717, 1.165) is 11.3 Å². The molecular weight excluding hydrogens is 288 g/mol. The van der Waals surface area contributed by atoms with Gasteiger partial charge in [0, 0.05) is 24.1 Å². The molecule has 0 aliphatic carbocycles. The monoisotopic (exact) mass is 306 g/mol. The van der Waals surface area contributed by atoms with E-state index >= 15 is 0 Å². The molecule has 0 fully saturated rings. The van der Waals surface area contributed by atoms with Gasteiger partial charge in [-0.2, -0.15) is 0 Å². The molecule has 0 radical (unpaired) electrons. The van der Waals surface area contributed by atoms with Gasteiger partial charge in [-0.05, 0) is 31.5 Å². The Labute approximate surface area is 128 Å². The molecule has 0 spiro atoms. The fraction of sp³-hybridized carbons (Fsp3) is 0.333. The number of carbonyl (C=O) groups excluding carboxylic acids is 2. The molecule has 1 aromatic rings. The van der Waals surface area contributed by atoms with Crippen LogP contribution in [-0.4, -0.2) is 31.2 Å². The van der Waals surface area contributed by atoms with Crippen LogP contribution in [-0.2, 0) is 9.53 Å². The SMILES string of the molecule is CNC(=O)c1ccc(C)c(NC(=O)C2=C(C)OCCS2)c1. The normalized spacial score (nSPS) is 14.4. The van der Waals surface area contributed by atoms with Gasteiger partial charge in [0.25, 0.3) is 11.8 Å². The largest absolute Gasteiger partial charge is 0.496 e. The van der Waals surface area contributed by atoms with Crippen molar-refractivity contribution in [3.63, 3.8) is 0 Å². The summed E-state index contributed by atoms with van der Waals surface area (Å²) in [5.41, 5.74) is 2.04. The highest BCUT2D eigenvalue weighted by Gasteiger charge is 2.19. The van der Waals surface area contributed by atoms with E-state index in [4.69, 9.17) is 4.74 Å². The maximum Gasteiger partial charge on any atom is 0.265 e. The molecule has 5 nitrogen and oxygen atoms in total. The van der Waals surface area contributed by atoms with Crippen LogP contribution in [0.2, 0.25) is 0 Å². The summed E-state index contributed by atoms with van der Waals surface area (Å²) in [6.45, 7) is 4.29. The summed E-state index contributed by atoms with van der Waals surface area (Å²) in [6.07, 6.45) is 0. The molecule has 1 aliphatic heterocycles. The highest BCUT2D eigenvalue weighted by molar-refractivity contribution is 8.04. The van der Waals surface area contributed by atoms with Gasteiger partial charge >= 0.3 is 0 Å². The standard InChI is InChI=1S/C15H18N2O3S/c1-9-4-5-11(14(18)16-3)8-12(9)17-15(19)13-10(2)20-6-7-21-13/h4-5,8H,6-7H2,1-3H3,(H,16,18)(H,17,19). The van der Waals surface area contributed by atoms with Crippen LogP contribution in [0.25, 0.3) is 0 Å². The number of carbonyl (C=O) groups is 2. The number of aryl methyl sites for hydroxylation is 1. The lowest BCUT2D eigenvalue weighted by Crippen LogP contribution is -2.20. The number of ether oxygens (including phenoxy) is 1. The second-order valence-electron chi connectivity index (χ2n) is 4.65. The summed E-state index contributed by atoms with van der Waals surface area (Å²) in [7, 11) is 1.57. The van der Waals surface area contributed by atoms with Gasteiger partial charge in [0.15, 0.2) is 0 Å². The zero-order valence-electron chi connectivity index (χ0n) is 12.3. The quantitative estimate of drug-likeness (QED) is 0.899. The lowest BCUT2D eigenvalue weighted by atomic mass is 10.1. The summed E-state index contributed by atoms with van der Waals surface area (Å²) in [5, 5.41) is 5.42. The third-order valence-electron chi connectivity index (χ3n) is 3.15. The van der Waals surface area contributed by atoms with E-state index in [1.165, 1.54) is 11.8 Å². The maximum atomic E-state index is 12.3. The maximum absolute atomic E-state index is 12.3. The van der Waals surface area contributed by atoms with Crippen molar-refractivity contribution in [1.29, 1.82) is 0 Å². The Kier molecular flexibility index (Phi) is 4.90. The van der Waals surface area contributed by atoms with Gasteiger partial charge in [0.05, 0.1) is 6.61 Å². The van der Waals surface area contributed by atoms with Crippen LogP contribution in [0.4, 0.5) is 5.69 Å². The van der Waals surface area contributed by atoms with Crippen molar-refractivity contribution in [3.05, 3.63) is 40.0 Å². The molecule has 0 saturated heterocycles. The average Bonchev–Trinajstić information content (AvgIpc) is 2.49. The molecular formula is C15H18N2O3S. The van der Waals surface area contributed by atoms with Crippen molar-refractivity contribution < 1.29 is 14.3 Å². The number of benzene rings is 1. The zero-order chi connectivity index (χ0) is 15.4. The smallest absolute Gasteiger partial charge is 0.265 e. The Morgan fingerprint density at radius 3 is 2.67 bits per heavy atom. The number of allylic oxidation sites excluding steroid dienone is 1. The predicted molar refractivity (Wildman–Crippen MR) is 84.3 cm³/mol. The van der Waals surface area contributed by atoms with E-state index in [2.05, 4.69) is 10.6 Å². The zero-order valence-corrected chi connectivity index (χ0v) is 13.1. The van der Waals surface area contributed by atoms with Gasteiger partial charge in [0.2, 0.25) is 0 Å². The van der Waals surface area contributed by atoms with Crippen molar-refractivity contribution in [1.82, 2.24) is 5.32 Å². The predicted octanol–water partition coefficient (Wildman–Crippen LogP) is 2.29. The second-order valence-corrected chi connectivity index (χ2v) is 5.75. The second kappa shape index (κ2) is 6.67. The number of nitrogens with one attached hydrogen (secondary N) is 2. The van der Waals surface area contributed by atoms with Crippen LogP contribution in [0.1, 0.15) is 22.8 Å². The Bertz CT molecular complexity index is 611. The van der Waals surface area contributed by atoms with Crippen LogP contribution in [0.3, 0.4) is 0 Å². The minimum Gasteiger partial charge on any atom is -0.496 e. The molecule has 2 amide bonds. The van der Waals surface area contributed by atoms with Crippen molar-refractivity contribution in [2.75, 3.05) is 24.7 Å². The Morgan fingerprint density at radius 2 is 2.00 bits per heavy atom. The number of amides is 2. The number of anilines is 1. The van der Waals surface area contributed by atoms with Crippen LogP contribution >= 0.6 is 11.8 Å². The minimum absolute atomic E-state index is 0.184. The molecule has 0 unspecified atom stereocenters. The fourth-order valence-corrected chi connectivity index (χ4v) is 2.77. The van der Waals surface area contributed by atoms with Gasteiger partial charge in [-0.1, -0.05) is 6.07 Å². The van der Waals surface area contributed by atoms with E-state index < -0.39 is 0 Å². The highest BCUT2D eigenvalue weighted by Crippen LogP contribution is 2.27. The first kappa shape index (κ1) is 15.4. The van der Waals surface area contributed by atoms with Gasteiger partial charge in [0.1, 0.15) is 10.7 Å². The molecule has 2 rings (SSSR count). The van der Waals surface area contributed by atoms with Crippen LogP contribution < -0.4 is 10.6 Å². The topological polar surface area (TPSA) is 67.4 Å². The summed E-state index contributed by atoms with van der Waals surface area (Å²) >= 11 is 1.48. The molecule has 0 atom stereocenters. The van der Waals surface area contributed by atoms with Gasteiger partial charge < -0.3 is 15.4 Å².